The molecule has 20 nitrogen and oxygen atoms in total. The number of esters is 2. The topological polar surface area (TPSA) is 338 Å². The highest BCUT2D eigenvalue weighted by Crippen LogP contribution is 2.39. The van der Waals surface area contributed by atoms with Crippen molar-refractivity contribution in [2.75, 3.05) is 33.3 Å². The Kier molecular flexibility index (Phi) is 29.4. The summed E-state index contributed by atoms with van der Waals surface area (Å²) in [6, 6.07) is -0.848. The van der Waals surface area contributed by atoms with Crippen molar-refractivity contribution in [3.63, 3.8) is 0 Å². The van der Waals surface area contributed by atoms with Crippen molar-refractivity contribution in [2.24, 2.45) is 29.2 Å². The fraction of sp³-hybridized carbons (Fsp3) is 0.704. The number of carbonyl (C=O) groups excluding carboxylic acids is 2. The van der Waals surface area contributed by atoms with E-state index in [2.05, 4.69) is 0 Å². The van der Waals surface area contributed by atoms with Gasteiger partial charge in [-0.3, -0.25) is 14.5 Å². The van der Waals surface area contributed by atoms with E-state index in [-0.39, 0.29) is 31.6 Å². The number of fused-ring (bicyclic) bond motifs is 2. The third-order valence-corrected chi connectivity index (χ3v) is 13.8. The largest absolute Gasteiger partial charge is 0.469 e. The predicted molar refractivity (Wildman–Crippen MR) is 276 cm³/mol. The fourth-order valence-electron chi connectivity index (χ4n) is 9.47. The van der Waals surface area contributed by atoms with Crippen LogP contribution < -0.4 is 11.5 Å². The molecule has 2 bridgehead atoms. The summed E-state index contributed by atoms with van der Waals surface area (Å²) < 4.78 is 29.3. The summed E-state index contributed by atoms with van der Waals surface area (Å²) in [6.45, 7) is 8.52. The Balaban J connectivity index is 1.96. The van der Waals surface area contributed by atoms with Crippen molar-refractivity contribution in [3.8, 4) is 0 Å². The standard InChI is InChI=1S/C54H89N3O17/c1-34-20-16-14-12-10-8-6-7-9-11-13-15-17-21-41(73-53-51(67)48(50(66)37(4)72-53)57(26-18-24-55)27-19-25-56)31-45-47(52(68)70-5)44(63)33-54(69,74-45)32-40(60)29-43(62)42(61)23-22-38(58)28-39(59)30-46(64)71-36(3)35(2)49(34)65/h6-17,20-21,34-45,47-51,53,58-63,65-67,69H,18-19,22-33,55-56H2,1-5H3/t34-,35-,36-,37+,38+,39+,40-,41-,42+,43+,44-,45-,47+,48-,49+,50+,51-,53-,54+/m0/s1. The van der Waals surface area contributed by atoms with Crippen LogP contribution in [0.5, 0.6) is 0 Å². The highest BCUT2D eigenvalue weighted by atomic mass is 16.7. The molecule has 20 heteroatoms. The zero-order valence-electron chi connectivity index (χ0n) is 43.8. The number of aliphatic hydroxyl groups is 10. The van der Waals surface area contributed by atoms with Gasteiger partial charge in [0.2, 0.25) is 0 Å². The Morgan fingerprint density at radius 3 is 1.81 bits per heavy atom. The maximum atomic E-state index is 13.3. The van der Waals surface area contributed by atoms with Gasteiger partial charge in [0.1, 0.15) is 18.1 Å². The van der Waals surface area contributed by atoms with Crippen molar-refractivity contribution < 1.29 is 84.3 Å². The number of aliphatic hydroxyl groups excluding tert-OH is 9. The zero-order valence-corrected chi connectivity index (χ0v) is 43.8. The summed E-state index contributed by atoms with van der Waals surface area (Å²) in [4.78, 5) is 27.9. The van der Waals surface area contributed by atoms with Crippen molar-refractivity contribution in [1.29, 1.82) is 0 Å². The Morgan fingerprint density at radius 1 is 0.676 bits per heavy atom. The van der Waals surface area contributed by atoms with E-state index in [1.165, 1.54) is 0 Å². The van der Waals surface area contributed by atoms with Crippen molar-refractivity contribution in [2.45, 2.75) is 189 Å². The highest BCUT2D eigenvalue weighted by molar-refractivity contribution is 5.74. The van der Waals surface area contributed by atoms with Gasteiger partial charge >= 0.3 is 11.9 Å². The lowest BCUT2D eigenvalue weighted by atomic mass is 9.82. The molecule has 3 aliphatic rings. The third-order valence-electron chi connectivity index (χ3n) is 13.8. The van der Waals surface area contributed by atoms with E-state index in [0.29, 0.717) is 39.0 Å². The molecule has 422 valence electrons. The number of ether oxygens (including phenoxy) is 5. The maximum absolute atomic E-state index is 13.3. The smallest absolute Gasteiger partial charge is 0.313 e. The number of carbonyl (C=O) groups is 2. The van der Waals surface area contributed by atoms with Gasteiger partial charge in [-0.2, -0.15) is 0 Å². The van der Waals surface area contributed by atoms with Gasteiger partial charge in [-0.15, -0.1) is 0 Å². The minimum atomic E-state index is -2.29. The molecular formula is C54H89N3O17. The van der Waals surface area contributed by atoms with Crippen LogP contribution >= 0.6 is 0 Å². The molecule has 0 aromatic carbocycles. The molecule has 0 unspecified atom stereocenters. The number of nitrogens with zero attached hydrogens (tertiary/aromatic N) is 1. The van der Waals surface area contributed by atoms with E-state index in [9.17, 15) is 60.7 Å². The molecular weight excluding hydrogens is 963 g/mol. The van der Waals surface area contributed by atoms with Crippen molar-refractivity contribution in [3.05, 3.63) is 85.1 Å². The Morgan fingerprint density at radius 2 is 1.24 bits per heavy atom. The summed E-state index contributed by atoms with van der Waals surface area (Å²) in [6.07, 6.45) is 5.90. The average molecular weight is 1050 g/mol. The molecule has 2 fully saturated rings. The molecule has 3 heterocycles. The number of nitrogens with two attached hydrogens (primary N) is 2. The molecule has 0 spiro atoms. The molecule has 2 saturated heterocycles. The summed E-state index contributed by atoms with van der Waals surface area (Å²) in [5.41, 5.74) is 11.7. The van der Waals surface area contributed by atoms with Crippen LogP contribution in [0.2, 0.25) is 0 Å². The molecule has 0 saturated carbocycles. The highest BCUT2D eigenvalue weighted by Gasteiger charge is 2.52. The first-order valence-electron chi connectivity index (χ1n) is 26.1. The van der Waals surface area contributed by atoms with Crippen LogP contribution in [0.15, 0.2) is 85.1 Å². The Bertz CT molecular complexity index is 1840. The van der Waals surface area contributed by atoms with Crippen molar-refractivity contribution in [1.82, 2.24) is 4.90 Å². The van der Waals surface area contributed by atoms with E-state index in [4.69, 9.17) is 35.2 Å². The number of cyclic esters (lactones) is 1. The van der Waals surface area contributed by atoms with E-state index < -0.39 is 147 Å². The second-order valence-corrected chi connectivity index (χ2v) is 20.0. The quantitative estimate of drug-likeness (QED) is 0.135. The molecule has 0 amide bonds. The first kappa shape index (κ1) is 64.8. The molecule has 3 rings (SSSR count). The van der Waals surface area contributed by atoms with Gasteiger partial charge in [0, 0.05) is 37.5 Å². The van der Waals surface area contributed by atoms with Crippen LogP contribution in [-0.2, 0) is 33.3 Å². The second kappa shape index (κ2) is 33.6. The summed E-state index contributed by atoms with van der Waals surface area (Å²) in [5.74, 6) is -5.98. The third kappa shape index (κ3) is 21.8. The molecule has 74 heavy (non-hydrogen) atoms. The van der Waals surface area contributed by atoms with Crippen LogP contribution in [0, 0.1) is 17.8 Å². The van der Waals surface area contributed by atoms with Gasteiger partial charge < -0.3 is 86.2 Å². The Hall–Kier alpha value is -3.52. The number of hydrogen-bond donors (Lipinski definition) is 12. The van der Waals surface area contributed by atoms with Gasteiger partial charge in [0.15, 0.2) is 12.1 Å². The SMILES string of the molecule is COC(=O)[C@H]1[C@@H]2C[C@@H](O[C@@H]3O[C@H](C)[C@@H](O)[C@H](N(CCCN)CCCN)[C@@H]3O)C=CC=CC=CC=CC=CC=CC=C[C@H](C)[C@@H](O)[C@@H](C)[C@H](C)OC(=O)C[C@H](O)C[C@H](O)CC[C@@H](O)[C@H](O)C[C@H](O)C[C@](O)(C[C@@H]1O)O2. The summed E-state index contributed by atoms with van der Waals surface area (Å²) in [7, 11) is 1.13. The van der Waals surface area contributed by atoms with E-state index in [0.717, 1.165) is 7.11 Å². The van der Waals surface area contributed by atoms with Crippen LogP contribution in [0.3, 0.4) is 0 Å². The minimum absolute atomic E-state index is 0.0993. The molecule has 0 aromatic heterocycles. The second-order valence-electron chi connectivity index (χ2n) is 20.0. The van der Waals surface area contributed by atoms with Gasteiger partial charge in [-0.1, -0.05) is 98.9 Å². The Labute approximate surface area is 437 Å². The molecule has 0 aliphatic carbocycles. The van der Waals surface area contributed by atoms with Crippen LogP contribution in [0.25, 0.3) is 0 Å². The first-order valence-corrected chi connectivity index (χ1v) is 26.1. The predicted octanol–water partition coefficient (Wildman–Crippen LogP) is 0.841. The van der Waals surface area contributed by atoms with Gasteiger partial charge in [-0.25, -0.2) is 0 Å². The molecule has 14 N–H and O–H groups in total. The molecule has 0 radical (unpaired) electrons. The average Bonchev–Trinajstić information content (AvgIpc) is 3.33. The zero-order chi connectivity index (χ0) is 55.0. The molecule has 19 atom stereocenters. The molecule has 0 aromatic rings. The number of hydrogen-bond acceptors (Lipinski definition) is 20. The van der Waals surface area contributed by atoms with E-state index >= 15 is 0 Å². The maximum Gasteiger partial charge on any atom is 0.313 e. The van der Waals surface area contributed by atoms with Crippen LogP contribution in [0.1, 0.15) is 91.9 Å². The minimum Gasteiger partial charge on any atom is -0.469 e. The number of methoxy groups -OCH3 is 1. The molecule has 3 aliphatic heterocycles. The lowest BCUT2D eigenvalue weighted by molar-refractivity contribution is -0.312. The van der Waals surface area contributed by atoms with Gasteiger partial charge in [0.25, 0.3) is 0 Å². The summed E-state index contributed by atoms with van der Waals surface area (Å²) >= 11 is 0. The van der Waals surface area contributed by atoms with Crippen molar-refractivity contribution >= 4 is 11.9 Å². The van der Waals surface area contributed by atoms with Crippen LogP contribution in [0.4, 0.5) is 0 Å². The van der Waals surface area contributed by atoms with Gasteiger partial charge in [0.05, 0.1) is 86.7 Å². The first-order chi connectivity index (χ1) is 35.1. The number of allylic oxidation sites excluding steroid dienone is 12. The summed E-state index contributed by atoms with van der Waals surface area (Å²) in [5, 5.41) is 112. The number of rotatable bonds is 10. The monoisotopic (exact) mass is 1050 g/mol. The lowest BCUT2D eigenvalue weighted by Crippen LogP contribution is -2.64. The van der Waals surface area contributed by atoms with E-state index in [1.807, 2.05) is 54.4 Å². The van der Waals surface area contributed by atoms with Gasteiger partial charge in [-0.05, 0) is 72.1 Å². The normalized spacial score (nSPS) is 38.4. The van der Waals surface area contributed by atoms with Crippen LogP contribution in [-0.4, -0.2) is 199 Å². The lowest BCUT2D eigenvalue weighted by Gasteiger charge is -2.47. The van der Waals surface area contributed by atoms with E-state index in [1.54, 1.807) is 63.3 Å². The fourth-order valence-corrected chi connectivity index (χ4v) is 9.47.